The van der Waals surface area contributed by atoms with Crippen molar-refractivity contribution in [1.29, 1.82) is 0 Å². The van der Waals surface area contributed by atoms with E-state index in [-0.39, 0.29) is 48.0 Å². The number of carbonyl (C=O) groups is 3. The summed E-state index contributed by atoms with van der Waals surface area (Å²) in [6.07, 6.45) is 0. The first-order chi connectivity index (χ1) is 17.8. The fourth-order valence-corrected chi connectivity index (χ4v) is 4.58. The predicted octanol–water partition coefficient (Wildman–Crippen LogP) is -0.881. The lowest BCUT2D eigenvalue weighted by Gasteiger charge is -2.17. The van der Waals surface area contributed by atoms with Crippen LogP contribution in [0.2, 0.25) is 0 Å². The van der Waals surface area contributed by atoms with E-state index in [1.807, 2.05) is 0 Å². The SMILES string of the molecule is CC(=O)NC(C)Cn1c(O)cc(C)c(C(N)=O)c1=O.CC(=O)NC(C)Cn1c(O)cc(C)c(S(=O)(=O)O)c1=O. The number of hydrogen-bond acceptors (Lipinski definition) is 9. The minimum atomic E-state index is -4.69. The zero-order valence-electron chi connectivity index (χ0n) is 22.3. The predicted molar refractivity (Wildman–Crippen MR) is 139 cm³/mol. The van der Waals surface area contributed by atoms with Crippen LogP contribution in [0.5, 0.6) is 11.8 Å². The van der Waals surface area contributed by atoms with Gasteiger partial charge < -0.3 is 26.6 Å². The molecule has 0 spiro atoms. The van der Waals surface area contributed by atoms with Crippen LogP contribution in [0.1, 0.15) is 49.2 Å². The van der Waals surface area contributed by atoms with Gasteiger partial charge in [-0.05, 0) is 38.8 Å². The van der Waals surface area contributed by atoms with Gasteiger partial charge in [0.05, 0.1) is 0 Å². The third-order valence-corrected chi connectivity index (χ3v) is 6.22. The number of aryl methyl sites for hydroxylation is 2. The zero-order valence-corrected chi connectivity index (χ0v) is 23.1. The van der Waals surface area contributed by atoms with Gasteiger partial charge in [0.1, 0.15) is 5.56 Å². The van der Waals surface area contributed by atoms with Crippen LogP contribution in [0.15, 0.2) is 26.6 Å². The van der Waals surface area contributed by atoms with Crippen LogP contribution in [-0.4, -0.2) is 62.1 Å². The van der Waals surface area contributed by atoms with Crippen molar-refractivity contribution < 1.29 is 37.6 Å². The molecule has 0 aliphatic rings. The summed E-state index contributed by atoms with van der Waals surface area (Å²) in [5.41, 5.74) is 3.54. The number of nitrogens with two attached hydrogens (primary N) is 1. The van der Waals surface area contributed by atoms with Crippen LogP contribution >= 0.6 is 0 Å². The fraction of sp³-hybridized carbons (Fsp3) is 0.435. The lowest BCUT2D eigenvalue weighted by atomic mass is 10.1. The van der Waals surface area contributed by atoms with Gasteiger partial charge in [0.15, 0.2) is 16.7 Å². The molecule has 0 bridgehead atoms. The number of amides is 3. The van der Waals surface area contributed by atoms with E-state index >= 15 is 0 Å². The Hall–Kier alpha value is -4.18. The van der Waals surface area contributed by atoms with E-state index in [1.54, 1.807) is 13.8 Å². The van der Waals surface area contributed by atoms with Gasteiger partial charge in [0.25, 0.3) is 27.1 Å². The van der Waals surface area contributed by atoms with Crippen LogP contribution in [0, 0.1) is 13.8 Å². The smallest absolute Gasteiger partial charge is 0.300 e. The quantitative estimate of drug-likeness (QED) is 0.214. The first kappa shape index (κ1) is 32.8. The Morgan fingerprint density at radius 3 is 1.62 bits per heavy atom. The van der Waals surface area contributed by atoms with Gasteiger partial charge in [0.2, 0.25) is 11.8 Å². The molecule has 2 heterocycles. The molecule has 2 atom stereocenters. The maximum atomic E-state index is 12.1. The zero-order chi connectivity index (χ0) is 30.4. The van der Waals surface area contributed by atoms with Crippen LogP contribution in [0.3, 0.4) is 0 Å². The van der Waals surface area contributed by atoms with Crippen molar-refractivity contribution in [2.24, 2.45) is 5.73 Å². The van der Waals surface area contributed by atoms with Gasteiger partial charge in [-0.2, -0.15) is 8.42 Å². The molecular weight excluding hydrogens is 538 g/mol. The highest BCUT2D eigenvalue weighted by Crippen LogP contribution is 2.16. The summed E-state index contributed by atoms with van der Waals surface area (Å²) in [5.74, 6) is -2.14. The molecule has 16 heteroatoms. The maximum absolute atomic E-state index is 12.1. The molecule has 0 fully saturated rings. The second kappa shape index (κ2) is 13.1. The minimum Gasteiger partial charge on any atom is -0.494 e. The molecule has 0 saturated carbocycles. The van der Waals surface area contributed by atoms with Gasteiger partial charge in [0, 0.05) is 51.2 Å². The van der Waals surface area contributed by atoms with Crippen molar-refractivity contribution in [3.63, 3.8) is 0 Å². The van der Waals surface area contributed by atoms with Gasteiger partial charge in [-0.15, -0.1) is 0 Å². The summed E-state index contributed by atoms with van der Waals surface area (Å²) < 4.78 is 33.2. The summed E-state index contributed by atoms with van der Waals surface area (Å²) in [5, 5.41) is 24.6. The normalized spacial score (nSPS) is 12.5. The highest BCUT2D eigenvalue weighted by molar-refractivity contribution is 7.85. The third-order valence-electron chi connectivity index (χ3n) is 5.21. The molecule has 0 saturated heterocycles. The molecule has 2 rings (SSSR count). The standard InChI is InChI=1S/C12H17N3O4.C11H16N2O6S/c1-6-4-9(17)15(5-7(2)14-8(3)16)12(19)10(6)11(13)18;1-6-4-9(15)13(5-7(2)12-8(3)14)11(16)10(6)20(17,18)19/h4,7,17H,5H2,1-3H3,(H2,13,18)(H,14,16);4,7,15H,5H2,1-3H3,(H,12,14)(H,17,18,19). The van der Waals surface area contributed by atoms with Crippen LogP contribution < -0.4 is 27.5 Å². The number of pyridine rings is 2. The number of primary amides is 1. The fourth-order valence-electron chi connectivity index (χ4n) is 3.78. The topological polar surface area (TPSA) is 240 Å². The molecule has 0 aliphatic heterocycles. The Kier molecular flexibility index (Phi) is 11.0. The Morgan fingerprint density at radius 2 is 1.26 bits per heavy atom. The number of nitrogens with zero attached hydrogens (tertiary/aromatic N) is 2. The molecule has 0 aromatic carbocycles. The maximum Gasteiger partial charge on any atom is 0.300 e. The molecule has 39 heavy (non-hydrogen) atoms. The number of nitrogens with one attached hydrogen (secondary N) is 2. The average Bonchev–Trinajstić information content (AvgIpc) is 2.72. The summed E-state index contributed by atoms with van der Waals surface area (Å²) in [6, 6.07) is 1.48. The van der Waals surface area contributed by atoms with Crippen molar-refractivity contribution in [2.45, 2.75) is 71.6 Å². The molecule has 216 valence electrons. The van der Waals surface area contributed by atoms with Crippen molar-refractivity contribution >= 4 is 27.8 Å². The van der Waals surface area contributed by atoms with Crippen molar-refractivity contribution in [3.05, 3.63) is 49.5 Å². The van der Waals surface area contributed by atoms with Crippen LogP contribution in [-0.2, 0) is 32.8 Å². The van der Waals surface area contributed by atoms with Gasteiger partial charge >= 0.3 is 0 Å². The lowest BCUT2D eigenvalue weighted by Crippen LogP contribution is -2.39. The Bertz CT molecular complexity index is 1490. The Balaban J connectivity index is 0.000000391. The monoisotopic (exact) mass is 571 g/mol. The highest BCUT2D eigenvalue weighted by Gasteiger charge is 2.23. The second-order valence-corrected chi connectivity index (χ2v) is 10.3. The number of aromatic nitrogens is 2. The lowest BCUT2D eigenvalue weighted by molar-refractivity contribution is -0.120. The summed E-state index contributed by atoms with van der Waals surface area (Å²) in [4.78, 5) is 56.3. The molecule has 0 aliphatic carbocycles. The molecule has 2 unspecified atom stereocenters. The molecular formula is C23H33N5O10S. The summed E-state index contributed by atoms with van der Waals surface area (Å²) >= 11 is 0. The van der Waals surface area contributed by atoms with E-state index in [0.29, 0.717) is 5.56 Å². The van der Waals surface area contributed by atoms with Gasteiger partial charge in [-0.25, -0.2) is 0 Å². The number of rotatable bonds is 8. The number of carbonyl (C=O) groups excluding carboxylic acids is 3. The average molecular weight is 572 g/mol. The van der Waals surface area contributed by atoms with Crippen molar-refractivity contribution in [3.8, 4) is 11.8 Å². The van der Waals surface area contributed by atoms with E-state index in [4.69, 9.17) is 10.3 Å². The Labute approximate surface area is 224 Å². The van der Waals surface area contributed by atoms with Gasteiger partial charge in [-0.1, -0.05) is 0 Å². The molecule has 0 radical (unpaired) electrons. The summed E-state index contributed by atoms with van der Waals surface area (Å²) in [6.45, 7) is 8.62. The van der Waals surface area contributed by atoms with Crippen LogP contribution in [0.4, 0.5) is 0 Å². The molecule has 3 amide bonds. The number of hydrogen-bond donors (Lipinski definition) is 6. The van der Waals surface area contributed by atoms with E-state index in [0.717, 1.165) is 15.2 Å². The second-order valence-electron chi connectivity index (χ2n) is 8.95. The van der Waals surface area contributed by atoms with E-state index < -0.39 is 44.0 Å². The highest BCUT2D eigenvalue weighted by atomic mass is 32.2. The van der Waals surface area contributed by atoms with E-state index in [9.17, 15) is 42.6 Å². The van der Waals surface area contributed by atoms with Gasteiger partial charge in [-0.3, -0.25) is 37.7 Å². The molecule has 7 N–H and O–H groups in total. The summed E-state index contributed by atoms with van der Waals surface area (Å²) in [7, 11) is -4.69. The third kappa shape index (κ3) is 8.96. The van der Waals surface area contributed by atoms with E-state index in [1.165, 1.54) is 33.8 Å². The first-order valence-corrected chi connectivity index (χ1v) is 12.9. The Morgan fingerprint density at radius 1 is 0.872 bits per heavy atom. The largest absolute Gasteiger partial charge is 0.494 e. The van der Waals surface area contributed by atoms with Crippen molar-refractivity contribution in [2.75, 3.05) is 0 Å². The van der Waals surface area contributed by atoms with Crippen molar-refractivity contribution in [1.82, 2.24) is 19.8 Å². The van der Waals surface area contributed by atoms with Crippen LogP contribution in [0.25, 0.3) is 0 Å². The molecule has 15 nitrogen and oxygen atoms in total. The molecule has 2 aromatic rings. The molecule has 2 aromatic heterocycles. The first-order valence-electron chi connectivity index (χ1n) is 11.5. The number of aromatic hydroxyl groups is 2. The minimum absolute atomic E-state index is 0.0464. The van der Waals surface area contributed by atoms with E-state index in [2.05, 4.69) is 10.6 Å².